The standard InChI is InChI=1S/C11H16ClN3O2/c12-10-9(7-17)11(15-8-14-10)13-5-3-1-2-4-6-16/h7-8,16H,1-6H2,(H,13,14,15). The summed E-state index contributed by atoms with van der Waals surface area (Å²) in [6, 6.07) is 0. The molecule has 0 unspecified atom stereocenters. The van der Waals surface area contributed by atoms with Gasteiger partial charge in [-0.25, -0.2) is 9.97 Å². The molecule has 6 heteroatoms. The molecule has 17 heavy (non-hydrogen) atoms. The zero-order valence-electron chi connectivity index (χ0n) is 9.53. The van der Waals surface area contributed by atoms with Crippen LogP contribution < -0.4 is 5.32 Å². The number of aliphatic hydroxyl groups excluding tert-OH is 1. The topological polar surface area (TPSA) is 75.1 Å². The van der Waals surface area contributed by atoms with Crippen molar-refractivity contribution in [3.05, 3.63) is 17.0 Å². The first kappa shape index (κ1) is 13.9. The maximum Gasteiger partial charge on any atom is 0.156 e. The van der Waals surface area contributed by atoms with Gasteiger partial charge in [0.05, 0.1) is 5.56 Å². The summed E-state index contributed by atoms with van der Waals surface area (Å²) in [5.74, 6) is 0.474. The highest BCUT2D eigenvalue weighted by Crippen LogP contribution is 2.17. The van der Waals surface area contributed by atoms with E-state index in [4.69, 9.17) is 16.7 Å². The predicted octanol–water partition coefficient (Wildman–Crippen LogP) is 1.91. The molecule has 0 aliphatic carbocycles. The van der Waals surface area contributed by atoms with Crippen molar-refractivity contribution in [2.75, 3.05) is 18.5 Å². The number of aldehydes is 1. The maximum absolute atomic E-state index is 10.8. The van der Waals surface area contributed by atoms with Crippen LogP contribution in [-0.4, -0.2) is 34.5 Å². The first-order valence-electron chi connectivity index (χ1n) is 5.60. The van der Waals surface area contributed by atoms with Crippen LogP contribution in [0.1, 0.15) is 36.0 Å². The Morgan fingerprint density at radius 3 is 2.76 bits per heavy atom. The van der Waals surface area contributed by atoms with Crippen molar-refractivity contribution in [3.8, 4) is 0 Å². The first-order chi connectivity index (χ1) is 8.29. The lowest BCUT2D eigenvalue weighted by atomic mass is 10.2. The molecule has 1 rings (SSSR count). The van der Waals surface area contributed by atoms with Crippen LogP contribution in [0.25, 0.3) is 0 Å². The lowest BCUT2D eigenvalue weighted by Gasteiger charge is -2.07. The lowest BCUT2D eigenvalue weighted by Crippen LogP contribution is -2.07. The van der Waals surface area contributed by atoms with E-state index < -0.39 is 0 Å². The highest BCUT2D eigenvalue weighted by molar-refractivity contribution is 6.32. The van der Waals surface area contributed by atoms with Gasteiger partial charge in [0.2, 0.25) is 0 Å². The lowest BCUT2D eigenvalue weighted by molar-refractivity contribution is 0.112. The van der Waals surface area contributed by atoms with Crippen LogP contribution in [0, 0.1) is 0 Å². The normalized spacial score (nSPS) is 10.2. The molecule has 0 bridgehead atoms. The Morgan fingerprint density at radius 1 is 1.29 bits per heavy atom. The molecule has 0 spiro atoms. The fraction of sp³-hybridized carbons (Fsp3) is 0.545. The Labute approximate surface area is 105 Å². The molecule has 0 aliphatic rings. The Bertz CT molecular complexity index is 361. The number of rotatable bonds is 8. The summed E-state index contributed by atoms with van der Waals surface area (Å²) in [4.78, 5) is 18.5. The summed E-state index contributed by atoms with van der Waals surface area (Å²) in [5, 5.41) is 11.8. The van der Waals surface area contributed by atoms with E-state index in [2.05, 4.69) is 15.3 Å². The van der Waals surface area contributed by atoms with Crippen LogP contribution in [0.4, 0.5) is 5.82 Å². The predicted molar refractivity (Wildman–Crippen MR) is 66.5 cm³/mol. The summed E-state index contributed by atoms with van der Waals surface area (Å²) in [5.41, 5.74) is 0.296. The van der Waals surface area contributed by atoms with Gasteiger partial charge in [0.1, 0.15) is 17.3 Å². The van der Waals surface area contributed by atoms with Gasteiger partial charge in [-0.2, -0.15) is 0 Å². The molecule has 1 aromatic rings. The van der Waals surface area contributed by atoms with Gasteiger partial charge in [0, 0.05) is 13.2 Å². The number of halogens is 1. The number of carbonyl (C=O) groups excluding carboxylic acids is 1. The number of anilines is 1. The molecular formula is C11H16ClN3O2. The molecule has 0 saturated heterocycles. The number of aromatic nitrogens is 2. The van der Waals surface area contributed by atoms with E-state index in [0.29, 0.717) is 17.7 Å². The van der Waals surface area contributed by atoms with Gasteiger partial charge < -0.3 is 10.4 Å². The summed E-state index contributed by atoms with van der Waals surface area (Å²) in [7, 11) is 0. The van der Waals surface area contributed by atoms with E-state index in [9.17, 15) is 4.79 Å². The quantitative estimate of drug-likeness (QED) is 0.423. The number of aliphatic hydroxyl groups is 1. The molecule has 1 heterocycles. The van der Waals surface area contributed by atoms with E-state index in [1.165, 1.54) is 6.33 Å². The largest absolute Gasteiger partial charge is 0.396 e. The van der Waals surface area contributed by atoms with Gasteiger partial charge >= 0.3 is 0 Å². The van der Waals surface area contributed by atoms with Gasteiger partial charge in [-0.15, -0.1) is 0 Å². The van der Waals surface area contributed by atoms with Crippen LogP contribution in [0.15, 0.2) is 6.33 Å². The third-order valence-corrected chi connectivity index (χ3v) is 2.63. The van der Waals surface area contributed by atoms with Crippen molar-refractivity contribution >= 4 is 23.7 Å². The van der Waals surface area contributed by atoms with Gasteiger partial charge in [0.15, 0.2) is 6.29 Å². The first-order valence-corrected chi connectivity index (χ1v) is 5.97. The highest BCUT2D eigenvalue weighted by atomic mass is 35.5. The third kappa shape index (κ3) is 4.66. The minimum atomic E-state index is 0.165. The van der Waals surface area contributed by atoms with E-state index in [-0.39, 0.29) is 11.8 Å². The Morgan fingerprint density at radius 2 is 2.06 bits per heavy atom. The van der Waals surface area contributed by atoms with Crippen LogP contribution in [-0.2, 0) is 0 Å². The number of hydrogen-bond acceptors (Lipinski definition) is 5. The van der Waals surface area contributed by atoms with E-state index >= 15 is 0 Å². The van der Waals surface area contributed by atoms with Gasteiger partial charge in [0.25, 0.3) is 0 Å². The van der Waals surface area contributed by atoms with Gasteiger partial charge in [-0.05, 0) is 12.8 Å². The van der Waals surface area contributed by atoms with Crippen LogP contribution >= 0.6 is 11.6 Å². The summed E-state index contributed by atoms with van der Waals surface area (Å²) < 4.78 is 0. The number of nitrogens with one attached hydrogen (secondary N) is 1. The molecule has 0 aromatic carbocycles. The number of nitrogens with zero attached hydrogens (tertiary/aromatic N) is 2. The van der Waals surface area contributed by atoms with Crippen molar-refractivity contribution in [3.63, 3.8) is 0 Å². The fourth-order valence-electron chi connectivity index (χ4n) is 1.42. The SMILES string of the molecule is O=Cc1c(Cl)ncnc1NCCCCCCO. The van der Waals surface area contributed by atoms with Crippen molar-refractivity contribution < 1.29 is 9.90 Å². The molecule has 0 saturated carbocycles. The van der Waals surface area contributed by atoms with E-state index in [0.717, 1.165) is 32.2 Å². The smallest absolute Gasteiger partial charge is 0.156 e. The Kier molecular flexibility index (Phi) is 6.50. The molecule has 2 N–H and O–H groups in total. The van der Waals surface area contributed by atoms with Crippen molar-refractivity contribution in [2.45, 2.75) is 25.7 Å². The van der Waals surface area contributed by atoms with Gasteiger partial charge in [-0.3, -0.25) is 4.79 Å². The molecule has 0 radical (unpaired) electrons. The number of unbranched alkanes of at least 4 members (excludes halogenated alkanes) is 3. The second kappa shape index (κ2) is 7.97. The van der Waals surface area contributed by atoms with Gasteiger partial charge in [-0.1, -0.05) is 24.4 Å². The van der Waals surface area contributed by atoms with Crippen molar-refractivity contribution in [2.24, 2.45) is 0 Å². The third-order valence-electron chi connectivity index (χ3n) is 2.33. The van der Waals surface area contributed by atoms with Crippen molar-refractivity contribution in [1.29, 1.82) is 0 Å². The van der Waals surface area contributed by atoms with Crippen molar-refractivity contribution in [1.82, 2.24) is 9.97 Å². The minimum absolute atomic E-state index is 0.165. The average Bonchev–Trinajstić information content (AvgIpc) is 2.34. The molecular weight excluding hydrogens is 242 g/mol. The van der Waals surface area contributed by atoms with E-state index in [1.54, 1.807) is 0 Å². The zero-order valence-corrected chi connectivity index (χ0v) is 10.3. The summed E-state index contributed by atoms with van der Waals surface area (Å²) >= 11 is 5.76. The molecule has 94 valence electrons. The van der Waals surface area contributed by atoms with Crippen LogP contribution in [0.5, 0.6) is 0 Å². The summed E-state index contributed by atoms with van der Waals surface area (Å²) in [6.07, 6.45) is 5.80. The number of carbonyl (C=O) groups is 1. The highest BCUT2D eigenvalue weighted by Gasteiger charge is 2.07. The Hall–Kier alpha value is -1.20. The second-order valence-electron chi connectivity index (χ2n) is 3.61. The van der Waals surface area contributed by atoms with Crippen LogP contribution in [0.3, 0.4) is 0 Å². The molecule has 0 aliphatic heterocycles. The zero-order chi connectivity index (χ0) is 12.5. The maximum atomic E-state index is 10.8. The molecule has 0 atom stereocenters. The van der Waals surface area contributed by atoms with Crippen LogP contribution in [0.2, 0.25) is 5.15 Å². The molecule has 0 fully saturated rings. The Balaban J connectivity index is 2.36. The monoisotopic (exact) mass is 257 g/mol. The van der Waals surface area contributed by atoms with E-state index in [1.807, 2.05) is 0 Å². The molecule has 0 amide bonds. The number of hydrogen-bond donors (Lipinski definition) is 2. The minimum Gasteiger partial charge on any atom is -0.396 e. The fourth-order valence-corrected chi connectivity index (χ4v) is 1.59. The molecule has 5 nitrogen and oxygen atoms in total. The molecule has 1 aromatic heterocycles. The summed E-state index contributed by atoms with van der Waals surface area (Å²) in [6.45, 7) is 0.962. The second-order valence-corrected chi connectivity index (χ2v) is 3.97. The average molecular weight is 258 g/mol.